The molecular weight excluding hydrogens is 240 g/mol. The van der Waals surface area contributed by atoms with Crippen molar-refractivity contribution in [1.82, 2.24) is 0 Å². The van der Waals surface area contributed by atoms with Gasteiger partial charge >= 0.3 is 5.97 Å². The standard InChI is InChI=1S/C16H24O3/c1-2-3-4-5-6-7-8-14-9-11-15(12-10-14)19-13-16(17)18/h9-12H,2-8,13H2,1H3,(H,17,18). The van der Waals surface area contributed by atoms with E-state index in [9.17, 15) is 4.79 Å². The molecule has 0 unspecified atom stereocenters. The zero-order chi connectivity index (χ0) is 13.9. The van der Waals surface area contributed by atoms with E-state index < -0.39 is 5.97 Å². The Balaban J connectivity index is 2.19. The van der Waals surface area contributed by atoms with Crippen LogP contribution in [-0.2, 0) is 11.2 Å². The third kappa shape index (κ3) is 7.50. The molecule has 0 aliphatic rings. The first-order chi connectivity index (χ1) is 9.22. The molecule has 19 heavy (non-hydrogen) atoms. The lowest BCUT2D eigenvalue weighted by molar-refractivity contribution is -0.139. The van der Waals surface area contributed by atoms with Crippen molar-refractivity contribution >= 4 is 5.97 Å². The number of carboxylic acid groups (broad SMARTS) is 1. The van der Waals surface area contributed by atoms with Crippen LogP contribution >= 0.6 is 0 Å². The summed E-state index contributed by atoms with van der Waals surface area (Å²) in [5.74, 6) is -0.328. The van der Waals surface area contributed by atoms with Crippen molar-refractivity contribution in [3.63, 3.8) is 0 Å². The molecule has 1 N–H and O–H groups in total. The van der Waals surface area contributed by atoms with Gasteiger partial charge in [-0.25, -0.2) is 4.79 Å². The third-order valence-electron chi connectivity index (χ3n) is 3.10. The number of rotatable bonds is 10. The molecule has 0 saturated heterocycles. The number of hydrogen-bond acceptors (Lipinski definition) is 2. The number of carbonyl (C=O) groups is 1. The molecule has 0 heterocycles. The minimum Gasteiger partial charge on any atom is -0.482 e. The predicted molar refractivity (Wildman–Crippen MR) is 76.7 cm³/mol. The second kappa shape index (κ2) is 9.42. The van der Waals surface area contributed by atoms with Gasteiger partial charge in [0.25, 0.3) is 0 Å². The summed E-state index contributed by atoms with van der Waals surface area (Å²) >= 11 is 0. The van der Waals surface area contributed by atoms with E-state index in [4.69, 9.17) is 9.84 Å². The molecule has 0 bridgehead atoms. The van der Waals surface area contributed by atoms with Gasteiger partial charge < -0.3 is 9.84 Å². The van der Waals surface area contributed by atoms with Gasteiger partial charge in [0.2, 0.25) is 0 Å². The zero-order valence-corrected chi connectivity index (χ0v) is 11.7. The highest BCUT2D eigenvalue weighted by Gasteiger charge is 1.99. The maximum Gasteiger partial charge on any atom is 0.341 e. The molecule has 3 heteroatoms. The first kappa shape index (κ1) is 15.5. The van der Waals surface area contributed by atoms with Crippen LogP contribution in [0.5, 0.6) is 5.75 Å². The summed E-state index contributed by atoms with van der Waals surface area (Å²) in [6.45, 7) is 1.95. The topological polar surface area (TPSA) is 46.5 Å². The SMILES string of the molecule is CCCCCCCCc1ccc(OCC(=O)O)cc1. The Morgan fingerprint density at radius 3 is 2.32 bits per heavy atom. The van der Waals surface area contributed by atoms with Crippen LogP contribution in [0.1, 0.15) is 51.0 Å². The molecule has 106 valence electrons. The average Bonchev–Trinajstić information content (AvgIpc) is 2.41. The van der Waals surface area contributed by atoms with Gasteiger partial charge in [-0.15, -0.1) is 0 Å². The number of aliphatic carboxylic acids is 1. The van der Waals surface area contributed by atoms with E-state index in [1.54, 1.807) is 0 Å². The summed E-state index contributed by atoms with van der Waals surface area (Å²) in [6, 6.07) is 7.72. The number of benzene rings is 1. The number of ether oxygens (including phenoxy) is 1. The van der Waals surface area contributed by atoms with Crippen LogP contribution in [0, 0.1) is 0 Å². The zero-order valence-electron chi connectivity index (χ0n) is 11.7. The van der Waals surface area contributed by atoms with Gasteiger partial charge in [-0.2, -0.15) is 0 Å². The fourth-order valence-electron chi connectivity index (χ4n) is 2.01. The van der Waals surface area contributed by atoms with Gasteiger partial charge in [-0.3, -0.25) is 0 Å². The molecule has 1 aromatic carbocycles. The normalized spacial score (nSPS) is 10.4. The fourth-order valence-corrected chi connectivity index (χ4v) is 2.01. The highest BCUT2D eigenvalue weighted by Crippen LogP contribution is 2.15. The summed E-state index contributed by atoms with van der Waals surface area (Å²) in [6.07, 6.45) is 8.90. The molecule has 0 radical (unpaired) electrons. The molecule has 0 amide bonds. The first-order valence-corrected chi connectivity index (χ1v) is 7.16. The highest BCUT2D eigenvalue weighted by molar-refractivity contribution is 5.68. The van der Waals surface area contributed by atoms with Crippen LogP contribution in [0.3, 0.4) is 0 Å². The van der Waals surface area contributed by atoms with Crippen LogP contribution in [0.25, 0.3) is 0 Å². The number of carboxylic acids is 1. The predicted octanol–water partition coefficient (Wildman–Crippen LogP) is 4.05. The lowest BCUT2D eigenvalue weighted by atomic mass is 10.0. The Kier molecular flexibility index (Phi) is 7.71. The van der Waals surface area contributed by atoms with E-state index in [1.165, 1.54) is 44.1 Å². The van der Waals surface area contributed by atoms with Crippen molar-refractivity contribution in [2.75, 3.05) is 6.61 Å². The minimum absolute atomic E-state index is 0.281. The van der Waals surface area contributed by atoms with Gasteiger partial charge in [-0.1, -0.05) is 51.2 Å². The van der Waals surface area contributed by atoms with Gasteiger partial charge in [0.1, 0.15) is 5.75 Å². The van der Waals surface area contributed by atoms with E-state index in [-0.39, 0.29) is 6.61 Å². The van der Waals surface area contributed by atoms with E-state index in [0.717, 1.165) is 6.42 Å². The smallest absolute Gasteiger partial charge is 0.341 e. The number of aryl methyl sites for hydroxylation is 1. The van der Waals surface area contributed by atoms with Gasteiger partial charge in [0, 0.05) is 0 Å². The quantitative estimate of drug-likeness (QED) is 0.648. The summed E-state index contributed by atoms with van der Waals surface area (Å²) in [5.41, 5.74) is 1.29. The first-order valence-electron chi connectivity index (χ1n) is 7.16. The molecule has 1 rings (SSSR count). The van der Waals surface area contributed by atoms with Crippen molar-refractivity contribution in [3.8, 4) is 5.75 Å². The average molecular weight is 264 g/mol. The summed E-state index contributed by atoms with van der Waals surface area (Å²) in [5, 5.41) is 8.51. The second-order valence-corrected chi connectivity index (χ2v) is 4.84. The molecule has 0 aliphatic carbocycles. The van der Waals surface area contributed by atoms with E-state index >= 15 is 0 Å². The molecule has 0 fully saturated rings. The van der Waals surface area contributed by atoms with Crippen LogP contribution in [0.2, 0.25) is 0 Å². The second-order valence-electron chi connectivity index (χ2n) is 4.84. The van der Waals surface area contributed by atoms with Crippen molar-refractivity contribution in [2.45, 2.75) is 51.9 Å². The molecule has 1 aromatic rings. The van der Waals surface area contributed by atoms with E-state index in [1.807, 2.05) is 24.3 Å². The maximum absolute atomic E-state index is 10.4. The molecule has 0 atom stereocenters. The lowest BCUT2D eigenvalue weighted by Crippen LogP contribution is -2.09. The Labute approximate surface area is 115 Å². The van der Waals surface area contributed by atoms with E-state index in [2.05, 4.69) is 6.92 Å². The molecule has 0 saturated carbocycles. The fraction of sp³-hybridized carbons (Fsp3) is 0.562. The van der Waals surface area contributed by atoms with Crippen molar-refractivity contribution in [3.05, 3.63) is 29.8 Å². The third-order valence-corrected chi connectivity index (χ3v) is 3.10. The molecule has 3 nitrogen and oxygen atoms in total. The monoisotopic (exact) mass is 264 g/mol. The summed E-state index contributed by atoms with van der Waals surface area (Å²) in [7, 11) is 0. The lowest BCUT2D eigenvalue weighted by Gasteiger charge is -2.05. The van der Waals surface area contributed by atoms with Gasteiger partial charge in [0.15, 0.2) is 6.61 Å². The largest absolute Gasteiger partial charge is 0.482 e. The van der Waals surface area contributed by atoms with E-state index in [0.29, 0.717) is 5.75 Å². The van der Waals surface area contributed by atoms with Crippen molar-refractivity contribution in [2.24, 2.45) is 0 Å². The Morgan fingerprint density at radius 2 is 1.68 bits per heavy atom. The van der Waals surface area contributed by atoms with Gasteiger partial charge in [-0.05, 0) is 30.5 Å². The Bertz CT molecular complexity index is 357. The summed E-state index contributed by atoms with van der Waals surface area (Å²) in [4.78, 5) is 10.4. The van der Waals surface area contributed by atoms with Crippen LogP contribution in [-0.4, -0.2) is 17.7 Å². The molecular formula is C16H24O3. The Hall–Kier alpha value is -1.51. The van der Waals surface area contributed by atoms with Crippen LogP contribution < -0.4 is 4.74 Å². The molecule has 0 spiro atoms. The van der Waals surface area contributed by atoms with Crippen molar-refractivity contribution in [1.29, 1.82) is 0 Å². The van der Waals surface area contributed by atoms with Crippen molar-refractivity contribution < 1.29 is 14.6 Å². The van der Waals surface area contributed by atoms with Crippen LogP contribution in [0.4, 0.5) is 0 Å². The van der Waals surface area contributed by atoms with Crippen LogP contribution in [0.15, 0.2) is 24.3 Å². The Morgan fingerprint density at radius 1 is 1.05 bits per heavy atom. The highest BCUT2D eigenvalue weighted by atomic mass is 16.5. The molecule has 0 aliphatic heterocycles. The van der Waals surface area contributed by atoms with Gasteiger partial charge in [0.05, 0.1) is 0 Å². The summed E-state index contributed by atoms with van der Waals surface area (Å²) < 4.78 is 5.09. The number of hydrogen-bond donors (Lipinski definition) is 1. The molecule has 0 aromatic heterocycles. The number of unbranched alkanes of at least 4 members (excludes halogenated alkanes) is 5. The maximum atomic E-state index is 10.4. The minimum atomic E-state index is -0.948.